The van der Waals surface area contributed by atoms with Gasteiger partial charge in [-0.3, -0.25) is 14.9 Å². The fourth-order valence-electron chi connectivity index (χ4n) is 4.50. The van der Waals surface area contributed by atoms with E-state index in [0.29, 0.717) is 19.5 Å². The summed E-state index contributed by atoms with van der Waals surface area (Å²) in [5.41, 5.74) is 2.76. The number of carbonyl (C=O) groups is 1. The van der Waals surface area contributed by atoms with Crippen molar-refractivity contribution in [2.24, 2.45) is 5.92 Å². The van der Waals surface area contributed by atoms with E-state index in [1.807, 2.05) is 13.8 Å². The van der Waals surface area contributed by atoms with Crippen molar-refractivity contribution in [1.29, 1.82) is 0 Å². The number of carbonyl (C=O) groups excluding carboxylic acids is 1. The topological polar surface area (TPSA) is 78.7 Å². The van der Waals surface area contributed by atoms with Gasteiger partial charge in [0.2, 0.25) is 5.91 Å². The van der Waals surface area contributed by atoms with Gasteiger partial charge in [0.25, 0.3) is 5.69 Å². The van der Waals surface area contributed by atoms with Gasteiger partial charge >= 0.3 is 0 Å². The highest BCUT2D eigenvalue weighted by Gasteiger charge is 2.42. The molecule has 4 rings (SSSR count). The molecule has 2 aromatic rings. The van der Waals surface area contributed by atoms with Crippen LogP contribution in [0.4, 0.5) is 21.5 Å². The zero-order chi connectivity index (χ0) is 21.4. The molecule has 1 amide bonds. The number of amides is 1. The van der Waals surface area contributed by atoms with Crippen LogP contribution in [0.5, 0.6) is 0 Å². The Bertz CT molecular complexity index is 963. The van der Waals surface area contributed by atoms with Gasteiger partial charge in [-0.05, 0) is 56.2 Å². The number of anilines is 2. The summed E-state index contributed by atoms with van der Waals surface area (Å²) in [4.78, 5) is 28.2. The van der Waals surface area contributed by atoms with E-state index in [9.17, 15) is 19.3 Å². The number of hydrogen-bond donors (Lipinski definition) is 1. The van der Waals surface area contributed by atoms with Gasteiger partial charge in [0.05, 0.1) is 16.9 Å². The number of halogens is 1. The minimum atomic E-state index is -0.401. The van der Waals surface area contributed by atoms with Crippen LogP contribution in [0.2, 0.25) is 0 Å². The first-order valence-electron chi connectivity index (χ1n) is 10.2. The van der Waals surface area contributed by atoms with Gasteiger partial charge in [0.15, 0.2) is 0 Å². The van der Waals surface area contributed by atoms with Crippen LogP contribution in [-0.4, -0.2) is 42.5 Å². The van der Waals surface area contributed by atoms with E-state index in [0.717, 1.165) is 23.5 Å². The summed E-state index contributed by atoms with van der Waals surface area (Å²) in [5.74, 6) is -0.650. The molecule has 0 aliphatic carbocycles. The smallest absolute Gasteiger partial charge is 0.269 e. The lowest BCUT2D eigenvalue weighted by atomic mass is 9.83. The van der Waals surface area contributed by atoms with E-state index >= 15 is 0 Å². The van der Waals surface area contributed by atoms with Crippen LogP contribution < -0.4 is 15.1 Å². The summed E-state index contributed by atoms with van der Waals surface area (Å²) in [6.45, 7) is 5.86. The number of nitro benzene ring substituents is 1. The molecule has 8 heteroatoms. The Labute approximate surface area is 174 Å². The van der Waals surface area contributed by atoms with Crippen molar-refractivity contribution in [2.45, 2.75) is 32.4 Å². The van der Waals surface area contributed by atoms with Gasteiger partial charge in [0.1, 0.15) is 5.82 Å². The molecule has 1 N–H and O–H groups in total. The summed E-state index contributed by atoms with van der Waals surface area (Å²) in [5, 5.41) is 14.2. The predicted molar refractivity (Wildman–Crippen MR) is 113 cm³/mol. The van der Waals surface area contributed by atoms with Crippen LogP contribution in [0.3, 0.4) is 0 Å². The first kappa shape index (κ1) is 20.1. The monoisotopic (exact) mass is 412 g/mol. The first-order chi connectivity index (χ1) is 14.3. The van der Waals surface area contributed by atoms with Crippen LogP contribution in [-0.2, 0) is 11.2 Å². The molecule has 0 bridgehead atoms. The molecule has 2 heterocycles. The van der Waals surface area contributed by atoms with E-state index in [1.165, 1.54) is 18.2 Å². The summed E-state index contributed by atoms with van der Waals surface area (Å²) < 4.78 is 13.3. The third-order valence-electron chi connectivity index (χ3n) is 5.87. The van der Waals surface area contributed by atoms with Gasteiger partial charge < -0.3 is 15.1 Å². The normalized spacial score (nSPS) is 20.5. The van der Waals surface area contributed by atoms with Gasteiger partial charge in [0, 0.05) is 49.2 Å². The largest absolute Gasteiger partial charge is 0.368 e. The van der Waals surface area contributed by atoms with Crippen LogP contribution in [0.15, 0.2) is 42.5 Å². The first-order valence-corrected chi connectivity index (χ1v) is 10.2. The van der Waals surface area contributed by atoms with Crippen molar-refractivity contribution < 1.29 is 14.1 Å². The number of piperazine rings is 1. The highest BCUT2D eigenvalue weighted by atomic mass is 19.1. The molecule has 2 aliphatic rings. The van der Waals surface area contributed by atoms with Crippen molar-refractivity contribution in [3.63, 3.8) is 0 Å². The average molecular weight is 412 g/mol. The fourth-order valence-corrected chi connectivity index (χ4v) is 4.50. The van der Waals surface area contributed by atoms with Gasteiger partial charge in [-0.1, -0.05) is 0 Å². The summed E-state index contributed by atoms with van der Waals surface area (Å²) in [6, 6.07) is 11.3. The van der Waals surface area contributed by atoms with E-state index in [4.69, 9.17) is 0 Å². The molecule has 0 unspecified atom stereocenters. The highest BCUT2D eigenvalue weighted by Crippen LogP contribution is 2.38. The Morgan fingerprint density at radius 1 is 1.20 bits per heavy atom. The number of nitrogens with zero attached hydrogens (tertiary/aromatic N) is 3. The summed E-state index contributed by atoms with van der Waals surface area (Å²) in [6.07, 6.45) is 0.452. The Kier molecular flexibility index (Phi) is 5.32. The predicted octanol–water partition coefficient (Wildman–Crippen LogP) is 3.13. The van der Waals surface area contributed by atoms with Crippen LogP contribution in [0, 0.1) is 21.8 Å². The number of non-ortho nitro benzene ring substituents is 1. The maximum absolute atomic E-state index is 13.3. The molecule has 7 nitrogen and oxygen atoms in total. The van der Waals surface area contributed by atoms with E-state index < -0.39 is 4.92 Å². The Morgan fingerprint density at radius 3 is 2.60 bits per heavy atom. The molecule has 1 saturated heterocycles. The summed E-state index contributed by atoms with van der Waals surface area (Å²) in [7, 11) is 0. The van der Waals surface area contributed by atoms with E-state index in [1.54, 1.807) is 24.3 Å². The number of benzene rings is 2. The highest BCUT2D eigenvalue weighted by molar-refractivity contribution is 5.82. The minimum absolute atomic E-state index is 0.00856. The number of rotatable bonds is 4. The lowest BCUT2D eigenvalue weighted by molar-refractivity contribution is -0.384. The molecule has 2 aromatic carbocycles. The van der Waals surface area contributed by atoms with E-state index in [-0.39, 0.29) is 35.4 Å². The second-order valence-corrected chi connectivity index (χ2v) is 8.23. The van der Waals surface area contributed by atoms with Crippen molar-refractivity contribution >= 4 is 23.0 Å². The molecule has 0 aromatic heterocycles. The molecule has 1 fully saturated rings. The second-order valence-electron chi connectivity index (χ2n) is 8.23. The number of hydrogen-bond acceptors (Lipinski definition) is 5. The molecular formula is C22H25FN4O3. The lowest BCUT2D eigenvalue weighted by Gasteiger charge is -2.49. The molecule has 0 radical (unpaired) electrons. The molecule has 0 saturated carbocycles. The standard InChI is InChI=1S/C22H25FN4O3/c1-14(2)24-22(28)19-12-15-11-18(27(29)30)7-8-20(15)26-10-9-25(13-21(19)26)17-5-3-16(23)4-6-17/h3-8,11,14,19,21H,9-10,12-13H2,1-2H3,(H,24,28)/t19-,21-/m0/s1. The van der Waals surface area contributed by atoms with Crippen molar-refractivity contribution in [3.8, 4) is 0 Å². The Morgan fingerprint density at radius 2 is 1.93 bits per heavy atom. The second kappa shape index (κ2) is 7.93. The van der Waals surface area contributed by atoms with Crippen molar-refractivity contribution in [1.82, 2.24) is 5.32 Å². The lowest BCUT2D eigenvalue weighted by Crippen LogP contribution is -2.61. The maximum atomic E-state index is 13.3. The number of nitrogens with one attached hydrogen (secondary N) is 1. The van der Waals surface area contributed by atoms with Crippen molar-refractivity contribution in [2.75, 3.05) is 29.4 Å². The van der Waals surface area contributed by atoms with Crippen LogP contribution in [0.1, 0.15) is 19.4 Å². The molecule has 2 aliphatic heterocycles. The van der Waals surface area contributed by atoms with Gasteiger partial charge in [-0.2, -0.15) is 0 Å². The van der Waals surface area contributed by atoms with Crippen molar-refractivity contribution in [3.05, 3.63) is 64.0 Å². The quantitative estimate of drug-likeness (QED) is 0.617. The van der Waals surface area contributed by atoms with Crippen LogP contribution in [0.25, 0.3) is 0 Å². The summed E-state index contributed by atoms with van der Waals surface area (Å²) >= 11 is 0. The molecule has 2 atom stereocenters. The number of nitro groups is 1. The van der Waals surface area contributed by atoms with Gasteiger partial charge in [-0.15, -0.1) is 0 Å². The molecule has 0 spiro atoms. The SMILES string of the molecule is CC(C)NC(=O)[C@H]1Cc2cc([N+](=O)[O-])ccc2N2CCN(c3ccc(F)cc3)C[C@@H]12. The maximum Gasteiger partial charge on any atom is 0.269 e. The zero-order valence-electron chi connectivity index (χ0n) is 17.0. The van der Waals surface area contributed by atoms with Gasteiger partial charge in [-0.25, -0.2) is 4.39 Å². The Balaban J connectivity index is 1.68. The third kappa shape index (κ3) is 3.81. The van der Waals surface area contributed by atoms with Crippen LogP contribution >= 0.6 is 0 Å². The molecule has 30 heavy (non-hydrogen) atoms. The average Bonchev–Trinajstić information content (AvgIpc) is 2.72. The third-order valence-corrected chi connectivity index (χ3v) is 5.87. The molecular weight excluding hydrogens is 387 g/mol. The molecule has 158 valence electrons. The number of fused-ring (bicyclic) bond motifs is 3. The minimum Gasteiger partial charge on any atom is -0.368 e. The Hall–Kier alpha value is -3.16. The fraction of sp³-hybridized carbons (Fsp3) is 0.409. The van der Waals surface area contributed by atoms with E-state index in [2.05, 4.69) is 15.1 Å². The zero-order valence-corrected chi connectivity index (χ0v) is 17.0.